The predicted molar refractivity (Wildman–Crippen MR) is 118 cm³/mol. The van der Waals surface area contributed by atoms with Crippen molar-refractivity contribution in [3.8, 4) is 0 Å². The highest BCUT2D eigenvalue weighted by atomic mass is 32.2. The minimum Gasteiger partial charge on any atom is -0.379 e. The topological polar surface area (TPSA) is 113 Å². The average molecular weight is 480 g/mol. The monoisotopic (exact) mass is 479 g/mol. The molecule has 2 heterocycles. The van der Waals surface area contributed by atoms with Crippen molar-refractivity contribution < 1.29 is 26.4 Å². The van der Waals surface area contributed by atoms with E-state index in [1.54, 1.807) is 0 Å². The Kier molecular flexibility index (Phi) is 6.63. The van der Waals surface area contributed by atoms with Gasteiger partial charge in [-0.3, -0.25) is 4.79 Å². The number of anilines is 1. The van der Waals surface area contributed by atoms with Crippen molar-refractivity contribution in [1.29, 1.82) is 0 Å². The lowest BCUT2D eigenvalue weighted by Crippen LogP contribution is -2.40. The van der Waals surface area contributed by atoms with Gasteiger partial charge in [-0.25, -0.2) is 16.8 Å². The van der Waals surface area contributed by atoms with Crippen LogP contribution < -0.4 is 5.32 Å². The highest BCUT2D eigenvalue weighted by molar-refractivity contribution is 7.89. The van der Waals surface area contributed by atoms with Gasteiger partial charge in [0, 0.05) is 37.4 Å². The van der Waals surface area contributed by atoms with Gasteiger partial charge in [-0.15, -0.1) is 0 Å². The molecule has 2 aliphatic rings. The Balaban J connectivity index is 1.48. The summed E-state index contributed by atoms with van der Waals surface area (Å²) in [5.74, 6) is -0.487. The van der Waals surface area contributed by atoms with Crippen molar-refractivity contribution in [2.75, 3.05) is 44.7 Å². The first kappa shape index (κ1) is 22.9. The maximum Gasteiger partial charge on any atom is 0.255 e. The fraction of sp³-hybridized carbons (Fsp3) is 0.381. The van der Waals surface area contributed by atoms with Crippen LogP contribution in [0.4, 0.5) is 5.69 Å². The van der Waals surface area contributed by atoms with Crippen LogP contribution in [0, 0.1) is 0 Å². The number of carbonyl (C=O) groups is 1. The number of amides is 1. The summed E-state index contributed by atoms with van der Waals surface area (Å²) < 4.78 is 58.9. The van der Waals surface area contributed by atoms with E-state index in [0.29, 0.717) is 32.0 Å². The summed E-state index contributed by atoms with van der Waals surface area (Å²) in [4.78, 5) is 12.9. The quantitative estimate of drug-likeness (QED) is 0.675. The van der Waals surface area contributed by atoms with E-state index in [1.807, 2.05) is 0 Å². The third-order valence-corrected chi connectivity index (χ3v) is 9.33. The zero-order chi connectivity index (χ0) is 22.8. The molecule has 2 fully saturated rings. The lowest BCUT2D eigenvalue weighted by molar-refractivity contribution is 0.0730. The van der Waals surface area contributed by atoms with Crippen LogP contribution in [-0.4, -0.2) is 70.7 Å². The van der Waals surface area contributed by atoms with E-state index in [4.69, 9.17) is 4.74 Å². The number of nitrogens with zero attached hydrogens (tertiary/aromatic N) is 2. The molecule has 0 saturated carbocycles. The molecular formula is C21H25N3O6S2. The van der Waals surface area contributed by atoms with Crippen LogP contribution in [-0.2, 0) is 24.8 Å². The fourth-order valence-electron chi connectivity index (χ4n) is 3.72. The molecule has 0 radical (unpaired) electrons. The van der Waals surface area contributed by atoms with Crippen LogP contribution in [0.2, 0.25) is 0 Å². The smallest absolute Gasteiger partial charge is 0.255 e. The molecule has 2 aromatic carbocycles. The molecule has 0 unspecified atom stereocenters. The first-order valence-electron chi connectivity index (χ1n) is 10.4. The average Bonchev–Trinajstić information content (AvgIpc) is 3.36. The van der Waals surface area contributed by atoms with Gasteiger partial charge in [0.15, 0.2) is 0 Å². The number of carbonyl (C=O) groups excluding carboxylic acids is 1. The molecule has 0 bridgehead atoms. The molecule has 0 aromatic heterocycles. The van der Waals surface area contributed by atoms with Crippen molar-refractivity contribution in [3.63, 3.8) is 0 Å². The molecular weight excluding hydrogens is 454 g/mol. The molecule has 9 nitrogen and oxygen atoms in total. The van der Waals surface area contributed by atoms with Crippen LogP contribution in [0.3, 0.4) is 0 Å². The van der Waals surface area contributed by atoms with Gasteiger partial charge in [-0.1, -0.05) is 6.07 Å². The molecule has 0 spiro atoms. The summed E-state index contributed by atoms with van der Waals surface area (Å²) in [7, 11) is -7.25. The van der Waals surface area contributed by atoms with Crippen molar-refractivity contribution >= 4 is 31.6 Å². The summed E-state index contributed by atoms with van der Waals surface area (Å²) in [6, 6.07) is 11.8. The first-order chi connectivity index (χ1) is 15.3. The molecule has 1 amide bonds. The highest BCUT2D eigenvalue weighted by Gasteiger charge is 2.28. The number of hydrogen-bond acceptors (Lipinski definition) is 6. The van der Waals surface area contributed by atoms with Gasteiger partial charge in [0.2, 0.25) is 20.0 Å². The maximum atomic E-state index is 12.8. The summed E-state index contributed by atoms with van der Waals surface area (Å²) in [5.41, 5.74) is 0.602. The van der Waals surface area contributed by atoms with Crippen molar-refractivity contribution in [1.82, 2.24) is 8.61 Å². The summed E-state index contributed by atoms with van der Waals surface area (Å²) >= 11 is 0. The second-order valence-corrected chi connectivity index (χ2v) is 11.5. The molecule has 11 heteroatoms. The number of ether oxygens (including phenoxy) is 1. The fourth-order valence-corrected chi connectivity index (χ4v) is 6.70. The number of rotatable bonds is 6. The number of nitrogens with one attached hydrogen (secondary N) is 1. The van der Waals surface area contributed by atoms with E-state index in [2.05, 4.69) is 5.32 Å². The largest absolute Gasteiger partial charge is 0.379 e. The molecule has 172 valence electrons. The Morgan fingerprint density at radius 1 is 0.781 bits per heavy atom. The zero-order valence-corrected chi connectivity index (χ0v) is 19.1. The third kappa shape index (κ3) is 4.71. The van der Waals surface area contributed by atoms with Gasteiger partial charge in [-0.05, 0) is 55.3 Å². The van der Waals surface area contributed by atoms with E-state index in [9.17, 15) is 21.6 Å². The minimum atomic E-state index is -3.72. The van der Waals surface area contributed by atoms with Gasteiger partial charge in [-0.2, -0.15) is 8.61 Å². The van der Waals surface area contributed by atoms with Gasteiger partial charge >= 0.3 is 0 Å². The predicted octanol–water partition coefficient (Wildman–Crippen LogP) is 1.74. The maximum absolute atomic E-state index is 12.8. The van der Waals surface area contributed by atoms with Crippen LogP contribution in [0.5, 0.6) is 0 Å². The van der Waals surface area contributed by atoms with Crippen LogP contribution in [0.1, 0.15) is 23.2 Å². The first-order valence-corrected chi connectivity index (χ1v) is 13.3. The Bertz CT molecular complexity index is 1180. The Morgan fingerprint density at radius 3 is 2.03 bits per heavy atom. The highest BCUT2D eigenvalue weighted by Crippen LogP contribution is 2.23. The summed E-state index contributed by atoms with van der Waals surface area (Å²) in [6.45, 7) is 2.25. The van der Waals surface area contributed by atoms with E-state index < -0.39 is 26.0 Å². The second-order valence-electron chi connectivity index (χ2n) is 7.63. The lowest BCUT2D eigenvalue weighted by Gasteiger charge is -2.26. The van der Waals surface area contributed by atoms with E-state index in [-0.39, 0.29) is 28.4 Å². The van der Waals surface area contributed by atoms with Crippen molar-refractivity contribution in [2.45, 2.75) is 22.6 Å². The molecule has 2 saturated heterocycles. The SMILES string of the molecule is O=C(Nc1ccc(S(=O)(=O)N2CCCC2)cc1)c1cccc(S(=O)(=O)N2CCOCC2)c1. The van der Waals surface area contributed by atoms with Crippen molar-refractivity contribution in [3.05, 3.63) is 54.1 Å². The molecule has 2 aromatic rings. The zero-order valence-electron chi connectivity index (χ0n) is 17.4. The van der Waals surface area contributed by atoms with Crippen molar-refractivity contribution in [2.24, 2.45) is 0 Å². The Hall–Kier alpha value is -2.31. The summed E-state index contributed by atoms with van der Waals surface area (Å²) in [5, 5.41) is 2.69. The number of benzene rings is 2. The van der Waals surface area contributed by atoms with Gasteiger partial charge in [0.05, 0.1) is 23.0 Å². The molecule has 32 heavy (non-hydrogen) atoms. The van der Waals surface area contributed by atoms with Gasteiger partial charge < -0.3 is 10.1 Å². The van der Waals surface area contributed by atoms with Crippen LogP contribution in [0.15, 0.2) is 58.3 Å². The minimum absolute atomic E-state index is 0.0408. The second kappa shape index (κ2) is 9.28. The number of morpholine rings is 1. The standard InChI is InChI=1S/C21H25N3O6S2/c25-21(17-4-3-5-20(16-17)32(28,29)24-12-14-30-15-13-24)22-18-6-8-19(9-7-18)31(26,27)23-10-1-2-11-23/h3-9,16H,1-2,10-15H2,(H,22,25). The number of hydrogen-bond donors (Lipinski definition) is 1. The Morgan fingerprint density at radius 2 is 1.38 bits per heavy atom. The number of sulfonamides is 2. The van der Waals surface area contributed by atoms with Gasteiger partial charge in [0.1, 0.15) is 0 Å². The molecule has 0 atom stereocenters. The van der Waals surface area contributed by atoms with Crippen LogP contribution in [0.25, 0.3) is 0 Å². The lowest BCUT2D eigenvalue weighted by atomic mass is 10.2. The molecule has 1 N–H and O–H groups in total. The Labute approximate surface area is 188 Å². The molecule has 0 aliphatic carbocycles. The normalized spacial score (nSPS) is 18.5. The van der Waals surface area contributed by atoms with E-state index >= 15 is 0 Å². The molecule has 2 aliphatic heterocycles. The van der Waals surface area contributed by atoms with Crippen LogP contribution >= 0.6 is 0 Å². The summed E-state index contributed by atoms with van der Waals surface area (Å²) in [6.07, 6.45) is 1.71. The van der Waals surface area contributed by atoms with E-state index in [0.717, 1.165) is 12.8 Å². The molecule has 4 rings (SSSR count). The van der Waals surface area contributed by atoms with E-state index in [1.165, 1.54) is 57.1 Å². The third-order valence-electron chi connectivity index (χ3n) is 5.52. The van der Waals surface area contributed by atoms with Gasteiger partial charge in [0.25, 0.3) is 5.91 Å².